The van der Waals surface area contributed by atoms with E-state index in [1.54, 1.807) is 30.2 Å². The van der Waals surface area contributed by atoms with Crippen LogP contribution in [0.5, 0.6) is 17.2 Å². The number of hydrogen-bond acceptors (Lipinski definition) is 7. The number of para-hydroxylation sites is 1. The van der Waals surface area contributed by atoms with Crippen LogP contribution in [-0.2, 0) is 6.54 Å². The topological polar surface area (TPSA) is 107 Å². The number of carbonyl (C=O) groups is 1. The summed E-state index contributed by atoms with van der Waals surface area (Å²) in [6.07, 6.45) is 5.04. The molecule has 7 nitrogen and oxygen atoms in total. The number of ether oxygens (including phenoxy) is 2. The number of nitriles is 2. The van der Waals surface area contributed by atoms with Crippen LogP contribution in [-0.4, -0.2) is 36.0 Å². The smallest absolute Gasteiger partial charge is 0.231 e. The van der Waals surface area contributed by atoms with Gasteiger partial charge in [-0.05, 0) is 24.3 Å². The molecule has 1 aliphatic rings. The largest absolute Gasteiger partial charge is 0.507 e. The molecule has 0 unspecified atom stereocenters. The van der Waals surface area contributed by atoms with Gasteiger partial charge >= 0.3 is 0 Å². The van der Waals surface area contributed by atoms with Crippen LogP contribution in [0, 0.1) is 22.7 Å². The van der Waals surface area contributed by atoms with Crippen LogP contribution >= 0.6 is 0 Å². The number of aromatic hydroxyl groups is 1. The van der Waals surface area contributed by atoms with E-state index in [2.05, 4.69) is 0 Å². The molecule has 0 aliphatic carbocycles. The summed E-state index contributed by atoms with van der Waals surface area (Å²) in [5.41, 5.74) is 1.54. The summed E-state index contributed by atoms with van der Waals surface area (Å²) >= 11 is 0. The first kappa shape index (κ1) is 20.7. The number of Topliss-reactive ketones (excluding diaryl/α,β-unsaturated/α-hetero) is 1. The zero-order valence-electron chi connectivity index (χ0n) is 16.3. The summed E-state index contributed by atoms with van der Waals surface area (Å²) in [6.45, 7) is 0.123. The lowest BCUT2D eigenvalue weighted by atomic mass is 10.0. The first-order chi connectivity index (χ1) is 14.6. The highest BCUT2D eigenvalue weighted by molar-refractivity contribution is 6.12. The highest BCUT2D eigenvalue weighted by atomic mass is 16.5. The summed E-state index contributed by atoms with van der Waals surface area (Å²) < 4.78 is 11.1. The normalized spacial score (nSPS) is 13.9. The average Bonchev–Trinajstić information content (AvgIpc) is 3.06. The Morgan fingerprint density at radius 3 is 2.60 bits per heavy atom. The minimum Gasteiger partial charge on any atom is -0.507 e. The summed E-state index contributed by atoms with van der Waals surface area (Å²) in [4.78, 5) is 14.3. The molecular weight excluding hydrogens is 382 g/mol. The maximum atomic E-state index is 12.7. The molecule has 0 saturated carbocycles. The first-order valence-corrected chi connectivity index (χ1v) is 9.14. The summed E-state index contributed by atoms with van der Waals surface area (Å²) in [6, 6.07) is 14.4. The molecule has 1 N–H and O–H groups in total. The Balaban J connectivity index is 1.87. The van der Waals surface area contributed by atoms with E-state index >= 15 is 0 Å². The van der Waals surface area contributed by atoms with Crippen molar-refractivity contribution in [1.29, 1.82) is 10.5 Å². The number of carbonyl (C=O) groups excluding carboxylic acids is 1. The second kappa shape index (κ2) is 9.42. The van der Waals surface area contributed by atoms with Gasteiger partial charge in [0.2, 0.25) is 5.78 Å². The van der Waals surface area contributed by atoms with Crippen molar-refractivity contribution in [2.24, 2.45) is 0 Å². The molecule has 7 heteroatoms. The molecule has 0 fully saturated rings. The van der Waals surface area contributed by atoms with E-state index in [-0.39, 0.29) is 42.7 Å². The van der Waals surface area contributed by atoms with Gasteiger partial charge in [0.15, 0.2) is 5.76 Å². The van der Waals surface area contributed by atoms with E-state index in [9.17, 15) is 9.90 Å². The van der Waals surface area contributed by atoms with E-state index in [1.807, 2.05) is 36.4 Å². The molecule has 2 aromatic rings. The number of phenols is 1. The predicted octanol–water partition coefficient (Wildman–Crippen LogP) is 3.42. The molecule has 150 valence electrons. The zero-order chi connectivity index (χ0) is 21.5. The van der Waals surface area contributed by atoms with Gasteiger partial charge in [-0.25, -0.2) is 0 Å². The fraction of sp³-hybridized carbons (Fsp3) is 0.174. The third-order valence-electron chi connectivity index (χ3n) is 4.55. The lowest BCUT2D eigenvalue weighted by Crippen LogP contribution is -2.24. The number of fused-ring (bicyclic) bond motifs is 1. The number of allylic oxidation sites excluding steroid dienone is 3. The first-order valence-electron chi connectivity index (χ1n) is 9.14. The van der Waals surface area contributed by atoms with E-state index in [4.69, 9.17) is 20.0 Å². The van der Waals surface area contributed by atoms with Crippen LogP contribution in [0.4, 0.5) is 0 Å². The SMILES string of the molecule is COc1ccccc1C=CC=C1Oc2c(ccc(O)c2CN(CC#N)CC#N)C1=O. The second-order valence-electron chi connectivity index (χ2n) is 6.46. The highest BCUT2D eigenvalue weighted by Gasteiger charge is 2.31. The molecular formula is C23H19N3O4. The van der Waals surface area contributed by atoms with Gasteiger partial charge in [0.25, 0.3) is 0 Å². The number of nitrogens with zero attached hydrogens (tertiary/aromatic N) is 3. The van der Waals surface area contributed by atoms with E-state index in [0.717, 1.165) is 5.56 Å². The Bertz CT molecular complexity index is 1090. The summed E-state index contributed by atoms with van der Waals surface area (Å²) in [7, 11) is 1.58. The maximum absolute atomic E-state index is 12.7. The fourth-order valence-corrected chi connectivity index (χ4v) is 3.10. The number of methoxy groups -OCH3 is 1. The monoisotopic (exact) mass is 401 g/mol. The Kier molecular flexibility index (Phi) is 6.49. The molecule has 2 aromatic carbocycles. The van der Waals surface area contributed by atoms with Crippen LogP contribution in [0.2, 0.25) is 0 Å². The Labute approximate surface area is 174 Å². The Hall–Kier alpha value is -4.07. The standard InChI is InChI=1S/C23H19N3O4/c1-29-20-7-3-2-5-16(20)6-4-8-21-22(28)17-9-10-19(27)18(23(17)30-21)15-26(13-11-24)14-12-25/h2-10,27H,13-15H2,1H3. The quantitative estimate of drug-likeness (QED) is 0.559. The van der Waals surface area contributed by atoms with E-state index < -0.39 is 0 Å². The molecule has 0 atom stereocenters. The average molecular weight is 401 g/mol. The van der Waals surface area contributed by atoms with Crippen molar-refractivity contribution in [1.82, 2.24) is 4.90 Å². The minimum absolute atomic E-state index is 0.00889. The second-order valence-corrected chi connectivity index (χ2v) is 6.46. The van der Waals surface area contributed by atoms with Gasteiger partial charge in [0.1, 0.15) is 17.2 Å². The summed E-state index contributed by atoms with van der Waals surface area (Å²) in [5, 5.41) is 28.2. The lowest BCUT2D eigenvalue weighted by molar-refractivity contribution is 0.101. The van der Waals surface area contributed by atoms with Crippen molar-refractivity contribution < 1.29 is 19.4 Å². The molecule has 0 saturated heterocycles. The van der Waals surface area contributed by atoms with Gasteiger partial charge in [-0.1, -0.05) is 30.4 Å². The third kappa shape index (κ3) is 4.33. The van der Waals surface area contributed by atoms with Gasteiger partial charge in [-0.3, -0.25) is 9.69 Å². The van der Waals surface area contributed by atoms with E-state index in [0.29, 0.717) is 16.9 Å². The fourth-order valence-electron chi connectivity index (χ4n) is 3.10. The molecule has 0 bridgehead atoms. The highest BCUT2D eigenvalue weighted by Crippen LogP contribution is 2.39. The molecule has 30 heavy (non-hydrogen) atoms. The molecule has 3 rings (SSSR count). The summed E-state index contributed by atoms with van der Waals surface area (Å²) in [5.74, 6) is 0.709. The Morgan fingerprint density at radius 2 is 1.90 bits per heavy atom. The van der Waals surface area contributed by atoms with Crippen LogP contribution in [0.3, 0.4) is 0 Å². The van der Waals surface area contributed by atoms with Crippen LogP contribution < -0.4 is 9.47 Å². The van der Waals surface area contributed by atoms with Crippen molar-refractivity contribution in [3.63, 3.8) is 0 Å². The van der Waals surface area contributed by atoms with Crippen molar-refractivity contribution in [3.8, 4) is 29.4 Å². The van der Waals surface area contributed by atoms with Gasteiger partial charge in [0, 0.05) is 12.1 Å². The molecule has 0 amide bonds. The molecule has 1 heterocycles. The van der Waals surface area contributed by atoms with Gasteiger partial charge < -0.3 is 14.6 Å². The third-order valence-corrected chi connectivity index (χ3v) is 4.55. The molecule has 0 spiro atoms. The number of hydrogen-bond donors (Lipinski definition) is 1. The Morgan fingerprint density at radius 1 is 1.17 bits per heavy atom. The zero-order valence-corrected chi connectivity index (χ0v) is 16.3. The van der Waals surface area contributed by atoms with Crippen molar-refractivity contribution in [2.75, 3.05) is 20.2 Å². The molecule has 0 aromatic heterocycles. The predicted molar refractivity (Wildman–Crippen MR) is 110 cm³/mol. The van der Waals surface area contributed by atoms with Crippen LogP contribution in [0.15, 0.2) is 54.3 Å². The number of ketones is 1. The minimum atomic E-state index is -0.303. The van der Waals surface area contributed by atoms with Gasteiger partial charge in [-0.2, -0.15) is 10.5 Å². The number of rotatable bonds is 7. The van der Waals surface area contributed by atoms with Crippen LogP contribution in [0.1, 0.15) is 21.5 Å². The van der Waals surface area contributed by atoms with Crippen molar-refractivity contribution in [2.45, 2.75) is 6.54 Å². The van der Waals surface area contributed by atoms with Crippen molar-refractivity contribution in [3.05, 3.63) is 71.0 Å². The van der Waals surface area contributed by atoms with E-state index in [1.165, 1.54) is 12.1 Å². The van der Waals surface area contributed by atoms with Crippen LogP contribution in [0.25, 0.3) is 6.08 Å². The molecule has 0 radical (unpaired) electrons. The van der Waals surface area contributed by atoms with Crippen molar-refractivity contribution >= 4 is 11.9 Å². The number of phenolic OH excluding ortho intramolecular Hbond substituents is 1. The lowest BCUT2D eigenvalue weighted by Gasteiger charge is -2.17. The van der Waals surface area contributed by atoms with Gasteiger partial charge in [-0.15, -0.1) is 0 Å². The molecule has 1 aliphatic heterocycles. The van der Waals surface area contributed by atoms with Gasteiger partial charge in [0.05, 0.1) is 43.5 Å². The number of benzene rings is 2. The maximum Gasteiger partial charge on any atom is 0.231 e.